The zero-order valence-electron chi connectivity index (χ0n) is 20.9. The Morgan fingerprint density at radius 2 is 1.73 bits per heavy atom. The van der Waals surface area contributed by atoms with E-state index >= 15 is 0 Å². The van der Waals surface area contributed by atoms with Gasteiger partial charge in [-0.2, -0.15) is 0 Å². The quantitative estimate of drug-likeness (QED) is 0.336. The standard InChI is InChI=1S/C30H29FN4O2/c1-20-8-15-26(16-21(20)2)35-18-27(23-6-4-3-5-7-23)32-30(35)33-28(36)19-34(17-22-9-10-22)29(37)24-11-13-25(31)14-12-24/h3-8,11-16,18,22H,9-10,17,19H2,1-2H3,(H,32,33,36). The predicted octanol–water partition coefficient (Wildman–Crippen LogP) is 5.79. The van der Waals surface area contributed by atoms with Crippen LogP contribution in [0.1, 0.15) is 34.3 Å². The van der Waals surface area contributed by atoms with Gasteiger partial charge in [0.2, 0.25) is 11.9 Å². The first-order chi connectivity index (χ1) is 17.9. The molecule has 0 saturated heterocycles. The molecule has 37 heavy (non-hydrogen) atoms. The van der Waals surface area contributed by atoms with Gasteiger partial charge in [-0.3, -0.25) is 19.5 Å². The minimum atomic E-state index is -0.407. The summed E-state index contributed by atoms with van der Waals surface area (Å²) in [4.78, 5) is 32.7. The van der Waals surface area contributed by atoms with E-state index < -0.39 is 5.82 Å². The Bertz CT molecular complexity index is 1430. The number of amides is 2. The summed E-state index contributed by atoms with van der Waals surface area (Å²) in [6, 6.07) is 21.3. The van der Waals surface area contributed by atoms with E-state index in [1.54, 1.807) is 4.90 Å². The summed E-state index contributed by atoms with van der Waals surface area (Å²) in [6.07, 6.45) is 3.97. The highest BCUT2D eigenvalue weighted by molar-refractivity contribution is 5.99. The third kappa shape index (κ3) is 5.77. The zero-order chi connectivity index (χ0) is 25.9. The number of nitrogens with one attached hydrogen (secondary N) is 1. The number of hydrogen-bond acceptors (Lipinski definition) is 3. The molecule has 1 aromatic heterocycles. The normalized spacial score (nSPS) is 12.8. The number of benzene rings is 3. The lowest BCUT2D eigenvalue weighted by atomic mass is 10.1. The Balaban J connectivity index is 1.41. The molecule has 1 aliphatic carbocycles. The molecule has 0 aliphatic heterocycles. The second kappa shape index (κ2) is 10.4. The summed E-state index contributed by atoms with van der Waals surface area (Å²) in [5, 5.41) is 2.93. The molecule has 0 atom stereocenters. The van der Waals surface area contributed by atoms with Crippen molar-refractivity contribution in [2.24, 2.45) is 5.92 Å². The molecular formula is C30H29FN4O2. The number of halogens is 1. The second-order valence-electron chi connectivity index (χ2n) is 9.64. The Kier molecular flexibility index (Phi) is 6.86. The molecule has 1 N–H and O–H groups in total. The van der Waals surface area contributed by atoms with Crippen molar-refractivity contribution in [2.45, 2.75) is 26.7 Å². The first kappa shape index (κ1) is 24.4. The van der Waals surface area contributed by atoms with Crippen LogP contribution in [0.25, 0.3) is 16.9 Å². The molecule has 5 rings (SSSR count). The molecule has 0 unspecified atom stereocenters. The van der Waals surface area contributed by atoms with Gasteiger partial charge in [0.05, 0.1) is 5.69 Å². The average molecular weight is 497 g/mol. The Morgan fingerprint density at radius 1 is 1.00 bits per heavy atom. The molecule has 4 aromatic rings. The summed E-state index contributed by atoms with van der Waals surface area (Å²) in [7, 11) is 0. The van der Waals surface area contributed by atoms with Crippen molar-refractivity contribution in [3.63, 3.8) is 0 Å². The number of rotatable bonds is 8. The molecule has 1 aliphatic rings. The molecule has 6 nitrogen and oxygen atoms in total. The number of anilines is 1. The van der Waals surface area contributed by atoms with Gasteiger partial charge in [-0.15, -0.1) is 0 Å². The van der Waals surface area contributed by atoms with Crippen LogP contribution in [0.15, 0.2) is 79.0 Å². The number of aryl methyl sites for hydroxylation is 2. The van der Waals surface area contributed by atoms with Crippen LogP contribution in [0.2, 0.25) is 0 Å². The van der Waals surface area contributed by atoms with E-state index in [0.29, 0.717) is 24.0 Å². The van der Waals surface area contributed by atoms with Crippen LogP contribution in [0.5, 0.6) is 0 Å². The Morgan fingerprint density at radius 3 is 2.41 bits per heavy atom. The van der Waals surface area contributed by atoms with Gasteiger partial charge in [-0.1, -0.05) is 36.4 Å². The molecule has 0 spiro atoms. The van der Waals surface area contributed by atoms with Crippen LogP contribution in [-0.2, 0) is 4.79 Å². The largest absolute Gasteiger partial charge is 0.329 e. The fourth-order valence-corrected chi connectivity index (χ4v) is 4.23. The van der Waals surface area contributed by atoms with Crippen LogP contribution >= 0.6 is 0 Å². The van der Waals surface area contributed by atoms with Crippen molar-refractivity contribution >= 4 is 17.8 Å². The van der Waals surface area contributed by atoms with E-state index in [4.69, 9.17) is 4.98 Å². The lowest BCUT2D eigenvalue weighted by molar-refractivity contribution is -0.117. The number of carbonyl (C=O) groups excluding carboxylic acids is 2. The van der Waals surface area contributed by atoms with Crippen molar-refractivity contribution in [3.8, 4) is 16.9 Å². The molecule has 2 amide bonds. The Hall–Kier alpha value is -4.26. The molecule has 0 bridgehead atoms. The van der Waals surface area contributed by atoms with E-state index in [1.165, 1.54) is 29.8 Å². The minimum absolute atomic E-state index is 0.118. The van der Waals surface area contributed by atoms with Crippen molar-refractivity contribution in [1.82, 2.24) is 14.5 Å². The molecular weight excluding hydrogens is 467 g/mol. The summed E-state index contributed by atoms with van der Waals surface area (Å²) in [5.74, 6) is -0.265. The van der Waals surface area contributed by atoms with E-state index in [2.05, 4.69) is 18.3 Å². The van der Waals surface area contributed by atoms with Crippen LogP contribution in [0.3, 0.4) is 0 Å². The van der Waals surface area contributed by atoms with Gasteiger partial charge in [-0.05, 0) is 80.1 Å². The smallest absolute Gasteiger partial charge is 0.254 e. The summed E-state index contributed by atoms with van der Waals surface area (Å²) >= 11 is 0. The first-order valence-corrected chi connectivity index (χ1v) is 12.4. The van der Waals surface area contributed by atoms with Crippen molar-refractivity contribution < 1.29 is 14.0 Å². The fourth-order valence-electron chi connectivity index (χ4n) is 4.23. The summed E-state index contributed by atoms with van der Waals surface area (Å²) < 4.78 is 15.2. The van der Waals surface area contributed by atoms with Crippen LogP contribution in [0, 0.1) is 25.6 Å². The minimum Gasteiger partial charge on any atom is -0.329 e. The van der Waals surface area contributed by atoms with Gasteiger partial charge >= 0.3 is 0 Å². The number of aromatic nitrogens is 2. The van der Waals surface area contributed by atoms with E-state index in [0.717, 1.165) is 35.3 Å². The molecule has 1 fully saturated rings. The van der Waals surface area contributed by atoms with E-state index in [-0.39, 0.29) is 18.4 Å². The Labute approximate surface area is 215 Å². The van der Waals surface area contributed by atoms with E-state index in [1.807, 2.05) is 60.2 Å². The van der Waals surface area contributed by atoms with Gasteiger partial charge in [0, 0.05) is 29.6 Å². The lowest BCUT2D eigenvalue weighted by Gasteiger charge is -2.22. The lowest BCUT2D eigenvalue weighted by Crippen LogP contribution is -2.39. The molecule has 1 heterocycles. The zero-order valence-corrected chi connectivity index (χ0v) is 20.9. The third-order valence-corrected chi connectivity index (χ3v) is 6.68. The maximum Gasteiger partial charge on any atom is 0.254 e. The number of hydrogen-bond donors (Lipinski definition) is 1. The SMILES string of the molecule is Cc1ccc(-n2cc(-c3ccccc3)nc2NC(=O)CN(CC2CC2)C(=O)c2ccc(F)cc2)cc1C. The van der Waals surface area contributed by atoms with Crippen LogP contribution in [0.4, 0.5) is 10.3 Å². The first-order valence-electron chi connectivity index (χ1n) is 12.4. The van der Waals surface area contributed by atoms with Crippen LogP contribution < -0.4 is 5.32 Å². The highest BCUT2D eigenvalue weighted by Gasteiger charge is 2.29. The summed E-state index contributed by atoms with van der Waals surface area (Å²) in [5.41, 5.74) is 5.20. The van der Waals surface area contributed by atoms with Crippen molar-refractivity contribution in [2.75, 3.05) is 18.4 Å². The number of imidazole rings is 1. The second-order valence-corrected chi connectivity index (χ2v) is 9.64. The highest BCUT2D eigenvalue weighted by atomic mass is 19.1. The van der Waals surface area contributed by atoms with Crippen LogP contribution in [-0.4, -0.2) is 39.4 Å². The number of carbonyl (C=O) groups is 2. The molecule has 0 radical (unpaired) electrons. The van der Waals surface area contributed by atoms with Gasteiger partial charge in [-0.25, -0.2) is 9.37 Å². The van der Waals surface area contributed by atoms with Gasteiger partial charge in [0.25, 0.3) is 5.91 Å². The predicted molar refractivity (Wildman–Crippen MR) is 142 cm³/mol. The molecule has 7 heteroatoms. The summed E-state index contributed by atoms with van der Waals surface area (Å²) in [6.45, 7) is 4.47. The number of nitrogens with zero attached hydrogens (tertiary/aromatic N) is 3. The molecule has 1 saturated carbocycles. The van der Waals surface area contributed by atoms with Gasteiger partial charge in [0.15, 0.2) is 0 Å². The molecule has 188 valence electrons. The highest BCUT2D eigenvalue weighted by Crippen LogP contribution is 2.30. The average Bonchev–Trinajstić information content (AvgIpc) is 3.62. The maximum absolute atomic E-state index is 13.4. The monoisotopic (exact) mass is 496 g/mol. The van der Waals surface area contributed by atoms with Crippen molar-refractivity contribution in [3.05, 3.63) is 102 Å². The third-order valence-electron chi connectivity index (χ3n) is 6.68. The molecule has 3 aromatic carbocycles. The van der Waals surface area contributed by atoms with Gasteiger partial charge < -0.3 is 4.90 Å². The van der Waals surface area contributed by atoms with E-state index in [9.17, 15) is 14.0 Å². The fraction of sp³-hybridized carbons (Fsp3) is 0.233. The van der Waals surface area contributed by atoms with Crippen molar-refractivity contribution in [1.29, 1.82) is 0 Å². The van der Waals surface area contributed by atoms with Gasteiger partial charge in [0.1, 0.15) is 12.4 Å². The topological polar surface area (TPSA) is 67.2 Å². The maximum atomic E-state index is 13.4.